The van der Waals surface area contributed by atoms with Gasteiger partial charge in [0.15, 0.2) is 3.95 Å². The molecule has 0 radical (unpaired) electrons. The lowest BCUT2D eigenvalue weighted by Crippen LogP contribution is -1.90. The van der Waals surface area contributed by atoms with Crippen molar-refractivity contribution >= 4 is 52.3 Å². The van der Waals surface area contributed by atoms with Gasteiger partial charge in [0.25, 0.3) is 5.69 Å². The van der Waals surface area contributed by atoms with Gasteiger partial charge in [-0.15, -0.1) is 11.3 Å². The zero-order valence-electron chi connectivity index (χ0n) is 10.8. The molecule has 2 aromatic rings. The zero-order chi connectivity index (χ0) is 15.1. The minimum atomic E-state index is -0.448. The SMILES string of the molecule is CC1=Nc2cc([N+](=O)[O-])ccc2C1=Cc1sc(=S)[nH]c1O. The van der Waals surface area contributed by atoms with Crippen LogP contribution in [-0.2, 0) is 0 Å². The Labute approximate surface area is 128 Å². The molecule has 2 N–H and O–H groups in total. The number of hydrogen-bond donors (Lipinski definition) is 2. The normalized spacial score (nSPS) is 15.1. The van der Waals surface area contributed by atoms with Crippen molar-refractivity contribution in [3.05, 3.63) is 42.7 Å². The summed E-state index contributed by atoms with van der Waals surface area (Å²) < 4.78 is 0.482. The number of aromatic hydroxyl groups is 1. The van der Waals surface area contributed by atoms with Crippen LogP contribution in [0.15, 0.2) is 23.2 Å². The van der Waals surface area contributed by atoms with Gasteiger partial charge in [0, 0.05) is 29.0 Å². The maximum Gasteiger partial charge on any atom is 0.271 e. The number of nitrogens with zero attached hydrogens (tertiary/aromatic N) is 2. The van der Waals surface area contributed by atoms with E-state index in [0.717, 1.165) is 16.8 Å². The van der Waals surface area contributed by atoms with E-state index < -0.39 is 4.92 Å². The molecule has 1 aromatic heterocycles. The van der Waals surface area contributed by atoms with E-state index in [2.05, 4.69) is 9.98 Å². The lowest BCUT2D eigenvalue weighted by Gasteiger charge is -2.01. The van der Waals surface area contributed by atoms with E-state index in [-0.39, 0.29) is 11.6 Å². The summed E-state index contributed by atoms with van der Waals surface area (Å²) in [5.74, 6) is 0.0145. The lowest BCUT2D eigenvalue weighted by atomic mass is 10.0. The van der Waals surface area contributed by atoms with Gasteiger partial charge in [0.1, 0.15) is 0 Å². The molecule has 0 unspecified atom stereocenters. The highest BCUT2D eigenvalue weighted by Gasteiger charge is 2.21. The average Bonchev–Trinajstić information content (AvgIpc) is 2.89. The first-order valence-electron chi connectivity index (χ1n) is 5.94. The Morgan fingerprint density at radius 3 is 2.90 bits per heavy atom. The van der Waals surface area contributed by atoms with Crippen LogP contribution in [0.1, 0.15) is 17.4 Å². The van der Waals surface area contributed by atoms with Gasteiger partial charge in [-0.1, -0.05) is 0 Å². The van der Waals surface area contributed by atoms with Gasteiger partial charge in [-0.3, -0.25) is 15.1 Å². The number of aromatic nitrogens is 1. The molecule has 1 aliphatic rings. The molecule has 0 fully saturated rings. The van der Waals surface area contributed by atoms with Crippen LogP contribution in [0, 0.1) is 14.1 Å². The highest BCUT2D eigenvalue weighted by Crippen LogP contribution is 2.39. The fourth-order valence-electron chi connectivity index (χ4n) is 2.13. The van der Waals surface area contributed by atoms with Crippen LogP contribution < -0.4 is 0 Å². The van der Waals surface area contributed by atoms with Crippen LogP contribution in [0.25, 0.3) is 11.6 Å². The van der Waals surface area contributed by atoms with Crippen molar-refractivity contribution < 1.29 is 10.0 Å². The zero-order valence-corrected chi connectivity index (χ0v) is 12.4. The van der Waals surface area contributed by atoms with Gasteiger partial charge in [-0.25, -0.2) is 0 Å². The number of hydrogen-bond acceptors (Lipinski definition) is 6. The molecule has 0 amide bonds. The third-order valence-electron chi connectivity index (χ3n) is 3.09. The van der Waals surface area contributed by atoms with Gasteiger partial charge >= 0.3 is 0 Å². The number of nitro groups is 1. The Balaban J connectivity index is 2.12. The molecule has 8 heteroatoms. The number of non-ortho nitro benzene ring substituents is 1. The molecule has 0 saturated heterocycles. The summed E-state index contributed by atoms with van der Waals surface area (Å²) in [5, 5.41) is 20.6. The number of aliphatic imine (C=N–C) groups is 1. The van der Waals surface area contributed by atoms with Crippen LogP contribution in [0.3, 0.4) is 0 Å². The number of nitro benzene ring substituents is 1. The summed E-state index contributed by atoms with van der Waals surface area (Å²) >= 11 is 6.24. The second-order valence-corrected chi connectivity index (χ2v) is 6.16. The monoisotopic (exact) mass is 319 g/mol. The molecule has 1 aliphatic heterocycles. The van der Waals surface area contributed by atoms with Gasteiger partial charge in [-0.05, 0) is 31.3 Å². The number of thiazole rings is 1. The van der Waals surface area contributed by atoms with Crippen molar-refractivity contribution in [3.63, 3.8) is 0 Å². The van der Waals surface area contributed by atoms with E-state index in [0.29, 0.717) is 14.5 Å². The lowest BCUT2D eigenvalue weighted by molar-refractivity contribution is -0.384. The summed E-state index contributed by atoms with van der Waals surface area (Å²) in [6.45, 7) is 1.82. The number of H-pyrrole nitrogens is 1. The molecule has 6 nitrogen and oxygen atoms in total. The molecule has 0 saturated carbocycles. The van der Waals surface area contributed by atoms with Crippen LogP contribution in [0.5, 0.6) is 5.88 Å². The van der Waals surface area contributed by atoms with E-state index in [1.165, 1.54) is 23.5 Å². The maximum atomic E-state index is 10.8. The van der Waals surface area contributed by atoms with Crippen molar-refractivity contribution in [3.8, 4) is 5.88 Å². The minimum Gasteiger partial charge on any atom is -0.494 e. The topological polar surface area (TPSA) is 91.5 Å². The molecule has 1 aromatic carbocycles. The molecule has 0 aliphatic carbocycles. The molecule has 106 valence electrons. The highest BCUT2D eigenvalue weighted by molar-refractivity contribution is 7.73. The second kappa shape index (κ2) is 4.90. The predicted molar refractivity (Wildman–Crippen MR) is 84.9 cm³/mol. The molecule has 2 heterocycles. The molecule has 21 heavy (non-hydrogen) atoms. The first-order valence-corrected chi connectivity index (χ1v) is 7.16. The number of benzene rings is 1. The van der Waals surface area contributed by atoms with Crippen molar-refractivity contribution in [2.24, 2.45) is 4.99 Å². The quantitative estimate of drug-likeness (QED) is 0.496. The van der Waals surface area contributed by atoms with Crippen LogP contribution in [0.2, 0.25) is 0 Å². The number of rotatable bonds is 2. The number of aromatic amines is 1. The van der Waals surface area contributed by atoms with E-state index in [4.69, 9.17) is 12.2 Å². The maximum absolute atomic E-state index is 10.8. The van der Waals surface area contributed by atoms with Gasteiger partial charge < -0.3 is 10.1 Å². The Kier molecular flexibility index (Phi) is 3.19. The van der Waals surface area contributed by atoms with Crippen molar-refractivity contribution in [2.75, 3.05) is 0 Å². The van der Waals surface area contributed by atoms with Crippen LogP contribution in [-0.4, -0.2) is 20.7 Å². The Morgan fingerprint density at radius 1 is 1.52 bits per heavy atom. The molecular weight excluding hydrogens is 310 g/mol. The van der Waals surface area contributed by atoms with Crippen LogP contribution >= 0.6 is 23.6 Å². The van der Waals surface area contributed by atoms with Gasteiger partial charge in [0.2, 0.25) is 5.88 Å². The third-order valence-corrected chi connectivity index (χ3v) is 4.26. The van der Waals surface area contributed by atoms with E-state index >= 15 is 0 Å². The summed E-state index contributed by atoms with van der Waals surface area (Å²) in [6.07, 6.45) is 1.78. The summed E-state index contributed by atoms with van der Waals surface area (Å²) in [4.78, 5) is 18.0. The smallest absolute Gasteiger partial charge is 0.271 e. The predicted octanol–water partition coefficient (Wildman–Crippen LogP) is 4.07. The number of allylic oxidation sites excluding steroid dienone is 1. The Hall–Kier alpha value is -2.32. The van der Waals surface area contributed by atoms with E-state index in [9.17, 15) is 15.2 Å². The number of fused-ring (bicyclic) bond motifs is 1. The number of nitrogens with one attached hydrogen (secondary N) is 1. The van der Waals surface area contributed by atoms with Gasteiger partial charge in [0.05, 0.1) is 15.5 Å². The van der Waals surface area contributed by atoms with Crippen molar-refractivity contribution in [1.29, 1.82) is 0 Å². The van der Waals surface area contributed by atoms with Crippen molar-refractivity contribution in [1.82, 2.24) is 4.98 Å². The molecule has 3 rings (SSSR count). The fraction of sp³-hybridized carbons (Fsp3) is 0.0769. The second-order valence-electron chi connectivity index (χ2n) is 4.44. The van der Waals surface area contributed by atoms with E-state index in [1.807, 2.05) is 6.92 Å². The first kappa shape index (κ1) is 13.7. The van der Waals surface area contributed by atoms with Crippen LogP contribution in [0.4, 0.5) is 11.4 Å². The molecule has 0 atom stereocenters. The molecule has 0 bridgehead atoms. The molecule has 0 spiro atoms. The van der Waals surface area contributed by atoms with Gasteiger partial charge in [-0.2, -0.15) is 0 Å². The average molecular weight is 319 g/mol. The van der Waals surface area contributed by atoms with Crippen molar-refractivity contribution in [2.45, 2.75) is 6.92 Å². The minimum absolute atomic E-state index is 0.00620. The largest absolute Gasteiger partial charge is 0.494 e. The Bertz CT molecular complexity index is 877. The standard InChI is InChI=1S/C13H9N3O3S2/c1-6-9(5-11-12(17)15-13(20)21-11)8-3-2-7(16(18)19)4-10(8)14-6/h2-5,17H,1H3,(H,15,20). The highest BCUT2D eigenvalue weighted by atomic mass is 32.1. The Morgan fingerprint density at radius 2 is 2.29 bits per heavy atom. The summed E-state index contributed by atoms with van der Waals surface area (Å²) in [5.41, 5.74) is 2.93. The fourth-order valence-corrected chi connectivity index (χ4v) is 3.17. The summed E-state index contributed by atoms with van der Waals surface area (Å²) in [7, 11) is 0. The third kappa shape index (κ3) is 2.39. The van der Waals surface area contributed by atoms with E-state index in [1.54, 1.807) is 12.1 Å². The summed E-state index contributed by atoms with van der Waals surface area (Å²) in [6, 6.07) is 4.56. The first-order chi connectivity index (χ1) is 9.95. The molecular formula is C13H9N3O3S2.